The van der Waals surface area contributed by atoms with Crippen molar-refractivity contribution < 1.29 is 9.90 Å². The highest BCUT2D eigenvalue weighted by atomic mass is 16.4. The number of aryl methyl sites for hydroxylation is 3. The van der Waals surface area contributed by atoms with E-state index in [1.165, 1.54) is 0 Å². The zero-order valence-corrected chi connectivity index (χ0v) is 11.7. The van der Waals surface area contributed by atoms with E-state index in [1.807, 2.05) is 24.3 Å². The molecule has 7 nitrogen and oxygen atoms in total. The summed E-state index contributed by atoms with van der Waals surface area (Å²) in [7, 11) is 0. The number of carboxylic acid groups (broad SMARTS) is 1. The van der Waals surface area contributed by atoms with Crippen molar-refractivity contribution in [2.75, 3.05) is 0 Å². The first-order chi connectivity index (χ1) is 10.0. The Kier molecular flexibility index (Phi) is 4.89. The molecule has 0 spiro atoms. The molecule has 1 aromatic carbocycles. The van der Waals surface area contributed by atoms with Crippen LogP contribution in [0.1, 0.15) is 22.8 Å². The summed E-state index contributed by atoms with van der Waals surface area (Å²) in [4.78, 5) is 10.7. The predicted molar refractivity (Wildman–Crippen MR) is 75.5 cm³/mol. The van der Waals surface area contributed by atoms with Gasteiger partial charge in [-0.1, -0.05) is 24.3 Å². The molecule has 2 rings (SSSR count). The van der Waals surface area contributed by atoms with E-state index in [9.17, 15) is 4.79 Å². The van der Waals surface area contributed by atoms with Crippen LogP contribution in [0.25, 0.3) is 0 Å². The zero-order chi connectivity index (χ0) is 15.2. The summed E-state index contributed by atoms with van der Waals surface area (Å²) in [5.41, 5.74) is 7.53. The van der Waals surface area contributed by atoms with E-state index in [0.717, 1.165) is 17.5 Å². The maximum Gasteiger partial charge on any atom is 0.320 e. The van der Waals surface area contributed by atoms with Gasteiger partial charge in [-0.25, -0.2) is 0 Å². The van der Waals surface area contributed by atoms with Crippen LogP contribution in [0.5, 0.6) is 0 Å². The van der Waals surface area contributed by atoms with Gasteiger partial charge in [0.2, 0.25) is 0 Å². The molecule has 0 saturated heterocycles. The number of aromatic nitrogens is 4. The van der Waals surface area contributed by atoms with Crippen molar-refractivity contribution in [2.45, 2.75) is 32.2 Å². The Hall–Kier alpha value is -2.41. The first-order valence-electron chi connectivity index (χ1n) is 6.63. The van der Waals surface area contributed by atoms with Crippen LogP contribution in [0.2, 0.25) is 0 Å². The molecule has 0 amide bonds. The zero-order valence-electron chi connectivity index (χ0n) is 11.7. The molecule has 110 valence electrons. The van der Waals surface area contributed by atoms with Gasteiger partial charge in [0.25, 0.3) is 0 Å². The van der Waals surface area contributed by atoms with Crippen LogP contribution >= 0.6 is 0 Å². The Bertz CT molecular complexity index is 598. The predicted octanol–water partition coefficient (Wildman–Crippen LogP) is 0.315. The lowest BCUT2D eigenvalue weighted by atomic mass is 10.0. The fourth-order valence-corrected chi connectivity index (χ4v) is 1.84. The minimum atomic E-state index is -0.990. The van der Waals surface area contributed by atoms with Crippen molar-refractivity contribution in [3.05, 3.63) is 47.0 Å². The van der Waals surface area contributed by atoms with E-state index in [0.29, 0.717) is 24.5 Å². The Morgan fingerprint density at radius 2 is 1.67 bits per heavy atom. The lowest BCUT2D eigenvalue weighted by Crippen LogP contribution is -2.32. The van der Waals surface area contributed by atoms with Crippen LogP contribution in [-0.4, -0.2) is 37.5 Å². The van der Waals surface area contributed by atoms with Crippen LogP contribution < -0.4 is 5.73 Å². The fourth-order valence-electron chi connectivity index (χ4n) is 1.84. The van der Waals surface area contributed by atoms with E-state index in [2.05, 4.69) is 20.4 Å². The van der Waals surface area contributed by atoms with Crippen molar-refractivity contribution in [3.63, 3.8) is 0 Å². The van der Waals surface area contributed by atoms with Crippen LogP contribution in [0.15, 0.2) is 24.3 Å². The van der Waals surface area contributed by atoms with E-state index >= 15 is 0 Å². The first kappa shape index (κ1) is 15.0. The first-order valence-corrected chi connectivity index (χ1v) is 6.63. The lowest BCUT2D eigenvalue weighted by molar-refractivity contribution is -0.138. The van der Waals surface area contributed by atoms with Crippen molar-refractivity contribution >= 4 is 5.97 Å². The summed E-state index contributed by atoms with van der Waals surface area (Å²) in [6.45, 7) is 1.74. The summed E-state index contributed by atoms with van der Waals surface area (Å²) in [6.07, 6.45) is 1.76. The van der Waals surface area contributed by atoms with Gasteiger partial charge in [0.15, 0.2) is 11.6 Å². The summed E-state index contributed by atoms with van der Waals surface area (Å²) in [6, 6.07) is 6.83. The number of aliphatic carboxylic acids is 1. The second-order valence-electron chi connectivity index (χ2n) is 4.83. The van der Waals surface area contributed by atoms with Gasteiger partial charge >= 0.3 is 5.97 Å². The number of benzene rings is 1. The molecule has 1 unspecified atom stereocenters. The Morgan fingerprint density at radius 3 is 2.24 bits per heavy atom. The molecule has 0 aliphatic rings. The van der Waals surface area contributed by atoms with Crippen molar-refractivity contribution in [1.82, 2.24) is 20.4 Å². The molecule has 0 fully saturated rings. The molecule has 2 aromatic rings. The highest BCUT2D eigenvalue weighted by molar-refractivity contribution is 5.73. The molecule has 0 aliphatic heterocycles. The normalized spacial score (nSPS) is 12.1. The fraction of sp³-hybridized carbons (Fsp3) is 0.357. The number of rotatable bonds is 6. The minimum absolute atomic E-state index is 0.324. The van der Waals surface area contributed by atoms with E-state index in [4.69, 9.17) is 10.8 Å². The van der Waals surface area contributed by atoms with Gasteiger partial charge in [0.1, 0.15) is 6.04 Å². The highest BCUT2D eigenvalue weighted by Crippen LogP contribution is 2.08. The second kappa shape index (κ2) is 6.85. The number of nitrogens with zero attached hydrogens (tertiary/aromatic N) is 4. The quantitative estimate of drug-likeness (QED) is 0.785. The Morgan fingerprint density at radius 1 is 1.10 bits per heavy atom. The number of nitrogens with two attached hydrogens (primary N) is 1. The molecule has 1 heterocycles. The molecule has 1 atom stereocenters. The molecule has 0 bridgehead atoms. The van der Waals surface area contributed by atoms with Gasteiger partial charge in [-0.05, 0) is 30.9 Å². The van der Waals surface area contributed by atoms with E-state index in [1.54, 1.807) is 6.92 Å². The van der Waals surface area contributed by atoms with Gasteiger partial charge < -0.3 is 10.8 Å². The van der Waals surface area contributed by atoms with Gasteiger partial charge in [-0.15, -0.1) is 20.4 Å². The SMILES string of the molecule is Cc1nnc(CCc2ccc(CC(N)C(=O)O)cc2)nn1. The summed E-state index contributed by atoms with van der Waals surface area (Å²) in [5.74, 6) is 0.172. The molecule has 0 aliphatic carbocycles. The summed E-state index contributed by atoms with van der Waals surface area (Å²) < 4.78 is 0. The van der Waals surface area contributed by atoms with Crippen molar-refractivity contribution in [2.24, 2.45) is 5.73 Å². The monoisotopic (exact) mass is 287 g/mol. The third-order valence-electron chi connectivity index (χ3n) is 3.05. The average molecular weight is 287 g/mol. The Labute approximate surface area is 122 Å². The number of carbonyl (C=O) groups is 1. The number of hydrogen-bond donors (Lipinski definition) is 2. The molecule has 3 N–H and O–H groups in total. The van der Waals surface area contributed by atoms with Gasteiger partial charge in [-0.3, -0.25) is 4.79 Å². The molecule has 21 heavy (non-hydrogen) atoms. The summed E-state index contributed by atoms with van der Waals surface area (Å²) >= 11 is 0. The molecular formula is C14H17N5O2. The largest absolute Gasteiger partial charge is 0.480 e. The molecule has 0 radical (unpaired) electrons. The maximum atomic E-state index is 10.7. The number of carboxylic acids is 1. The molecular weight excluding hydrogens is 270 g/mol. The third-order valence-corrected chi connectivity index (χ3v) is 3.05. The van der Waals surface area contributed by atoms with Crippen molar-refractivity contribution in [1.29, 1.82) is 0 Å². The van der Waals surface area contributed by atoms with Crippen LogP contribution in [-0.2, 0) is 24.1 Å². The standard InChI is InChI=1S/C14H17N5O2/c1-9-16-18-13(19-17-9)7-6-10-2-4-11(5-3-10)8-12(15)14(20)21/h2-5,12H,6-8,15H2,1H3,(H,20,21). The molecule has 1 aromatic heterocycles. The van der Waals surface area contributed by atoms with Crippen molar-refractivity contribution in [3.8, 4) is 0 Å². The maximum absolute atomic E-state index is 10.7. The van der Waals surface area contributed by atoms with Crippen LogP contribution in [0.4, 0.5) is 0 Å². The van der Waals surface area contributed by atoms with Gasteiger partial charge in [-0.2, -0.15) is 0 Å². The summed E-state index contributed by atoms with van der Waals surface area (Å²) in [5, 5.41) is 24.4. The molecule has 7 heteroatoms. The Balaban J connectivity index is 1.90. The van der Waals surface area contributed by atoms with E-state index in [-0.39, 0.29) is 0 Å². The highest BCUT2D eigenvalue weighted by Gasteiger charge is 2.11. The average Bonchev–Trinajstić information content (AvgIpc) is 2.48. The van der Waals surface area contributed by atoms with Gasteiger partial charge in [0.05, 0.1) is 0 Å². The van der Waals surface area contributed by atoms with Crippen LogP contribution in [0, 0.1) is 6.92 Å². The topological polar surface area (TPSA) is 115 Å². The minimum Gasteiger partial charge on any atom is -0.480 e. The lowest BCUT2D eigenvalue weighted by Gasteiger charge is -2.07. The third kappa shape index (κ3) is 4.57. The molecule has 0 saturated carbocycles. The number of hydrogen-bond acceptors (Lipinski definition) is 6. The van der Waals surface area contributed by atoms with E-state index < -0.39 is 12.0 Å². The van der Waals surface area contributed by atoms with Gasteiger partial charge in [0, 0.05) is 6.42 Å². The second-order valence-corrected chi connectivity index (χ2v) is 4.83. The van der Waals surface area contributed by atoms with Crippen LogP contribution in [0.3, 0.4) is 0 Å². The smallest absolute Gasteiger partial charge is 0.320 e.